The van der Waals surface area contributed by atoms with Gasteiger partial charge in [0.05, 0.1) is 6.04 Å². The maximum Gasteiger partial charge on any atom is 0.123 e. The molecule has 0 aliphatic heterocycles. The van der Waals surface area contributed by atoms with Crippen molar-refractivity contribution >= 4 is 11.6 Å². The van der Waals surface area contributed by atoms with Gasteiger partial charge in [-0.2, -0.15) is 0 Å². The summed E-state index contributed by atoms with van der Waals surface area (Å²) in [5.41, 5.74) is 4.51. The van der Waals surface area contributed by atoms with E-state index in [1.807, 2.05) is 30.3 Å². The molecule has 4 heteroatoms. The van der Waals surface area contributed by atoms with E-state index in [4.69, 9.17) is 17.4 Å². The van der Waals surface area contributed by atoms with E-state index < -0.39 is 0 Å². The van der Waals surface area contributed by atoms with Crippen LogP contribution in [0.15, 0.2) is 48.5 Å². The summed E-state index contributed by atoms with van der Waals surface area (Å²) >= 11 is 6.05. The van der Waals surface area contributed by atoms with E-state index >= 15 is 0 Å². The van der Waals surface area contributed by atoms with Crippen LogP contribution in [0.5, 0.6) is 0 Å². The number of halogens is 2. The molecule has 0 saturated carbocycles. The van der Waals surface area contributed by atoms with Gasteiger partial charge in [0.1, 0.15) is 5.82 Å². The first-order chi connectivity index (χ1) is 8.70. The summed E-state index contributed by atoms with van der Waals surface area (Å²) in [5, 5.41) is 0.549. The fourth-order valence-electron chi connectivity index (χ4n) is 1.88. The van der Waals surface area contributed by atoms with Crippen molar-refractivity contribution in [2.75, 3.05) is 0 Å². The van der Waals surface area contributed by atoms with Gasteiger partial charge in [-0.3, -0.25) is 11.3 Å². The summed E-state index contributed by atoms with van der Waals surface area (Å²) in [7, 11) is 0. The zero-order valence-electron chi connectivity index (χ0n) is 9.74. The molecular weight excluding hydrogens is 251 g/mol. The summed E-state index contributed by atoms with van der Waals surface area (Å²) in [5.74, 6) is 5.26. The summed E-state index contributed by atoms with van der Waals surface area (Å²) in [4.78, 5) is 0. The van der Waals surface area contributed by atoms with Crippen LogP contribution in [0.4, 0.5) is 4.39 Å². The van der Waals surface area contributed by atoms with Crippen molar-refractivity contribution in [3.63, 3.8) is 0 Å². The monoisotopic (exact) mass is 264 g/mol. The van der Waals surface area contributed by atoms with Crippen LogP contribution in [-0.4, -0.2) is 0 Å². The Morgan fingerprint density at radius 3 is 2.56 bits per heavy atom. The Morgan fingerprint density at radius 1 is 1.17 bits per heavy atom. The highest BCUT2D eigenvalue weighted by Gasteiger charge is 2.12. The Labute approximate surface area is 111 Å². The van der Waals surface area contributed by atoms with Gasteiger partial charge >= 0.3 is 0 Å². The molecule has 0 fully saturated rings. The second kappa shape index (κ2) is 5.96. The quantitative estimate of drug-likeness (QED) is 0.657. The highest BCUT2D eigenvalue weighted by atomic mass is 35.5. The Kier molecular flexibility index (Phi) is 4.31. The Morgan fingerprint density at radius 2 is 1.89 bits per heavy atom. The zero-order chi connectivity index (χ0) is 13.0. The maximum atomic E-state index is 13.2. The smallest absolute Gasteiger partial charge is 0.123 e. The molecular formula is C14H14ClFN2. The van der Waals surface area contributed by atoms with E-state index in [0.717, 1.165) is 11.1 Å². The highest BCUT2D eigenvalue weighted by Crippen LogP contribution is 2.23. The van der Waals surface area contributed by atoms with Crippen LogP contribution in [0.25, 0.3) is 0 Å². The third-order valence-corrected chi connectivity index (χ3v) is 3.20. The lowest BCUT2D eigenvalue weighted by Crippen LogP contribution is -2.29. The molecule has 1 atom stereocenters. The van der Waals surface area contributed by atoms with Crippen LogP contribution in [0.2, 0.25) is 5.02 Å². The Hall–Kier alpha value is -1.42. The molecule has 0 aliphatic carbocycles. The summed E-state index contributed by atoms with van der Waals surface area (Å²) in [6.07, 6.45) is 0.539. The van der Waals surface area contributed by atoms with Crippen molar-refractivity contribution in [1.29, 1.82) is 0 Å². The van der Waals surface area contributed by atoms with Gasteiger partial charge in [-0.05, 0) is 35.7 Å². The molecule has 2 rings (SSSR count). The van der Waals surface area contributed by atoms with E-state index in [1.54, 1.807) is 6.07 Å². The minimum atomic E-state index is -0.293. The SMILES string of the molecule is NNC(Cc1cc(F)ccc1Cl)c1ccccc1. The number of hydrazine groups is 1. The largest absolute Gasteiger partial charge is 0.271 e. The van der Waals surface area contributed by atoms with Crippen molar-refractivity contribution in [2.24, 2.45) is 5.84 Å². The minimum Gasteiger partial charge on any atom is -0.271 e. The van der Waals surface area contributed by atoms with Crippen molar-refractivity contribution in [2.45, 2.75) is 12.5 Å². The predicted octanol–water partition coefficient (Wildman–Crippen LogP) is 3.23. The molecule has 94 valence electrons. The lowest BCUT2D eigenvalue weighted by molar-refractivity contribution is 0.548. The average Bonchev–Trinajstić information content (AvgIpc) is 2.41. The maximum absolute atomic E-state index is 13.2. The van der Waals surface area contributed by atoms with Gasteiger partial charge in [0, 0.05) is 5.02 Å². The molecule has 2 aromatic carbocycles. The average molecular weight is 265 g/mol. The van der Waals surface area contributed by atoms with Crippen molar-refractivity contribution in [3.8, 4) is 0 Å². The van der Waals surface area contributed by atoms with Gasteiger partial charge in [-0.15, -0.1) is 0 Å². The van der Waals surface area contributed by atoms with Gasteiger partial charge in [0.25, 0.3) is 0 Å². The molecule has 0 heterocycles. The van der Waals surface area contributed by atoms with Crippen LogP contribution >= 0.6 is 11.6 Å². The number of nitrogens with one attached hydrogen (secondary N) is 1. The molecule has 0 spiro atoms. The topological polar surface area (TPSA) is 38.0 Å². The van der Waals surface area contributed by atoms with E-state index in [1.165, 1.54) is 12.1 Å². The fourth-order valence-corrected chi connectivity index (χ4v) is 2.07. The zero-order valence-corrected chi connectivity index (χ0v) is 10.5. The molecule has 2 nitrogen and oxygen atoms in total. The number of hydrogen-bond donors (Lipinski definition) is 2. The van der Waals surface area contributed by atoms with Gasteiger partial charge < -0.3 is 0 Å². The summed E-state index contributed by atoms with van der Waals surface area (Å²) < 4.78 is 13.2. The van der Waals surface area contributed by atoms with E-state index in [2.05, 4.69) is 5.43 Å². The second-order valence-electron chi connectivity index (χ2n) is 4.07. The van der Waals surface area contributed by atoms with Crippen LogP contribution in [0.3, 0.4) is 0 Å². The van der Waals surface area contributed by atoms with Crippen LogP contribution < -0.4 is 11.3 Å². The highest BCUT2D eigenvalue weighted by molar-refractivity contribution is 6.31. The lowest BCUT2D eigenvalue weighted by Gasteiger charge is -2.17. The van der Waals surface area contributed by atoms with Crippen LogP contribution in [-0.2, 0) is 6.42 Å². The Bertz CT molecular complexity index is 516. The molecule has 2 aromatic rings. The molecule has 3 N–H and O–H groups in total. The number of rotatable bonds is 4. The second-order valence-corrected chi connectivity index (χ2v) is 4.48. The van der Waals surface area contributed by atoms with Gasteiger partial charge in [-0.25, -0.2) is 4.39 Å². The van der Waals surface area contributed by atoms with E-state index in [9.17, 15) is 4.39 Å². The summed E-state index contributed by atoms with van der Waals surface area (Å²) in [6, 6.07) is 14.0. The van der Waals surface area contributed by atoms with Gasteiger partial charge in [-0.1, -0.05) is 41.9 Å². The third kappa shape index (κ3) is 3.07. The molecule has 0 amide bonds. The predicted molar refractivity (Wildman–Crippen MR) is 71.6 cm³/mol. The minimum absolute atomic E-state index is 0.0921. The standard InChI is InChI=1S/C14H14ClFN2/c15-13-7-6-12(16)8-11(13)9-14(18-17)10-4-2-1-3-5-10/h1-8,14,18H,9,17H2. The Balaban J connectivity index is 2.23. The molecule has 0 aliphatic rings. The third-order valence-electron chi connectivity index (χ3n) is 2.83. The fraction of sp³-hybridized carbons (Fsp3) is 0.143. The van der Waals surface area contributed by atoms with Crippen molar-refractivity contribution in [1.82, 2.24) is 5.43 Å². The molecule has 0 bridgehead atoms. The first-order valence-electron chi connectivity index (χ1n) is 5.65. The molecule has 1 unspecified atom stereocenters. The molecule has 0 aromatic heterocycles. The van der Waals surface area contributed by atoms with E-state index in [-0.39, 0.29) is 11.9 Å². The first kappa shape index (κ1) is 13.0. The van der Waals surface area contributed by atoms with Crippen molar-refractivity contribution in [3.05, 3.63) is 70.5 Å². The summed E-state index contributed by atoms with van der Waals surface area (Å²) in [6.45, 7) is 0. The molecule has 0 saturated heterocycles. The normalized spacial score (nSPS) is 12.4. The molecule has 0 radical (unpaired) electrons. The van der Waals surface area contributed by atoms with Crippen LogP contribution in [0.1, 0.15) is 17.2 Å². The number of benzene rings is 2. The number of hydrogen-bond acceptors (Lipinski definition) is 2. The lowest BCUT2D eigenvalue weighted by atomic mass is 9.99. The van der Waals surface area contributed by atoms with Crippen LogP contribution in [0, 0.1) is 5.82 Å². The number of nitrogens with two attached hydrogens (primary N) is 1. The van der Waals surface area contributed by atoms with E-state index in [0.29, 0.717) is 11.4 Å². The van der Waals surface area contributed by atoms with Gasteiger partial charge in [0.2, 0.25) is 0 Å². The van der Waals surface area contributed by atoms with Gasteiger partial charge in [0.15, 0.2) is 0 Å². The molecule has 18 heavy (non-hydrogen) atoms. The first-order valence-corrected chi connectivity index (χ1v) is 6.03. The van der Waals surface area contributed by atoms with Crippen molar-refractivity contribution < 1.29 is 4.39 Å².